The van der Waals surface area contributed by atoms with Crippen LogP contribution in [-0.2, 0) is 7.05 Å². The number of aliphatic hydroxyl groups is 1. The van der Waals surface area contributed by atoms with Gasteiger partial charge in [-0.3, -0.25) is 14.9 Å². The Morgan fingerprint density at radius 3 is 2.67 bits per heavy atom. The molecule has 18 heavy (non-hydrogen) atoms. The lowest BCUT2D eigenvalue weighted by Crippen LogP contribution is -2.36. The standard InChI is InChI=1S/C11H17N3O4/c1-11(2,7-15)6-12-10(16)9-4-8(14(17)18)5-13(9)3/h4-5,15H,6-7H2,1-3H3,(H,12,16). The molecule has 0 fully saturated rings. The molecule has 0 aliphatic heterocycles. The number of nitro groups is 1. The Bertz CT molecular complexity index is 465. The first-order valence-electron chi connectivity index (χ1n) is 5.46. The van der Waals surface area contributed by atoms with Gasteiger partial charge in [-0.2, -0.15) is 0 Å². The second-order valence-electron chi connectivity index (χ2n) is 4.96. The third kappa shape index (κ3) is 3.30. The number of nitrogens with zero attached hydrogens (tertiary/aromatic N) is 2. The van der Waals surface area contributed by atoms with Gasteiger partial charge in [0.1, 0.15) is 5.69 Å². The van der Waals surface area contributed by atoms with Crippen molar-refractivity contribution >= 4 is 11.6 Å². The molecular weight excluding hydrogens is 238 g/mol. The Morgan fingerprint density at radius 2 is 2.22 bits per heavy atom. The highest BCUT2D eigenvalue weighted by Gasteiger charge is 2.21. The van der Waals surface area contributed by atoms with Crippen LogP contribution in [0.4, 0.5) is 5.69 Å². The monoisotopic (exact) mass is 255 g/mol. The largest absolute Gasteiger partial charge is 0.396 e. The van der Waals surface area contributed by atoms with Crippen molar-refractivity contribution in [1.29, 1.82) is 0 Å². The predicted octanol–water partition coefficient (Wildman–Crippen LogP) is 0.682. The average molecular weight is 255 g/mol. The SMILES string of the molecule is Cn1cc([N+](=O)[O-])cc1C(=O)NCC(C)(C)CO. The Balaban J connectivity index is 2.76. The van der Waals surface area contributed by atoms with Crippen molar-refractivity contribution in [3.63, 3.8) is 0 Å². The molecule has 7 nitrogen and oxygen atoms in total. The molecule has 0 saturated carbocycles. The number of nitrogens with one attached hydrogen (secondary N) is 1. The maximum atomic E-state index is 11.8. The van der Waals surface area contributed by atoms with E-state index in [4.69, 9.17) is 5.11 Å². The molecule has 1 heterocycles. The van der Waals surface area contributed by atoms with Crippen molar-refractivity contribution in [2.24, 2.45) is 12.5 Å². The van der Waals surface area contributed by atoms with E-state index in [9.17, 15) is 14.9 Å². The van der Waals surface area contributed by atoms with Crippen LogP contribution in [-0.4, -0.2) is 33.7 Å². The van der Waals surface area contributed by atoms with Crippen molar-refractivity contribution in [3.05, 3.63) is 28.1 Å². The number of aryl methyl sites for hydroxylation is 1. The zero-order valence-electron chi connectivity index (χ0n) is 10.6. The topological polar surface area (TPSA) is 97.4 Å². The first-order valence-corrected chi connectivity index (χ1v) is 5.46. The molecule has 1 amide bonds. The molecule has 0 unspecified atom stereocenters. The van der Waals surface area contributed by atoms with Crippen molar-refractivity contribution in [3.8, 4) is 0 Å². The molecule has 0 aliphatic carbocycles. The van der Waals surface area contributed by atoms with Crippen LogP contribution in [0.15, 0.2) is 12.3 Å². The minimum absolute atomic E-state index is 0.0550. The van der Waals surface area contributed by atoms with E-state index in [2.05, 4.69) is 5.32 Å². The first-order chi connectivity index (χ1) is 8.26. The summed E-state index contributed by atoms with van der Waals surface area (Å²) in [6.45, 7) is 3.85. The van der Waals surface area contributed by atoms with Gasteiger partial charge in [-0.25, -0.2) is 0 Å². The molecule has 1 aromatic heterocycles. The van der Waals surface area contributed by atoms with Crippen molar-refractivity contribution < 1.29 is 14.8 Å². The number of hydrogen-bond donors (Lipinski definition) is 2. The number of rotatable bonds is 5. The second kappa shape index (κ2) is 5.18. The normalized spacial score (nSPS) is 11.3. The summed E-state index contributed by atoms with van der Waals surface area (Å²) in [5, 5.41) is 22.3. The summed E-state index contributed by atoms with van der Waals surface area (Å²) in [7, 11) is 1.57. The maximum Gasteiger partial charge on any atom is 0.287 e. The number of carbonyl (C=O) groups excluding carboxylic acids is 1. The van der Waals surface area contributed by atoms with Crippen LogP contribution in [0.25, 0.3) is 0 Å². The predicted molar refractivity (Wildman–Crippen MR) is 65.3 cm³/mol. The van der Waals surface area contributed by atoms with Gasteiger partial charge >= 0.3 is 0 Å². The number of amides is 1. The average Bonchev–Trinajstić information content (AvgIpc) is 2.69. The minimum atomic E-state index is -0.547. The highest BCUT2D eigenvalue weighted by atomic mass is 16.6. The van der Waals surface area contributed by atoms with Gasteiger partial charge in [-0.05, 0) is 0 Å². The van der Waals surface area contributed by atoms with E-state index >= 15 is 0 Å². The third-order valence-corrected chi connectivity index (χ3v) is 2.59. The number of hydrogen-bond acceptors (Lipinski definition) is 4. The van der Waals surface area contributed by atoms with Gasteiger partial charge in [0.15, 0.2) is 0 Å². The van der Waals surface area contributed by atoms with Gasteiger partial charge < -0.3 is 15.0 Å². The van der Waals surface area contributed by atoms with Crippen LogP contribution >= 0.6 is 0 Å². The summed E-state index contributed by atoms with van der Waals surface area (Å²) in [5.74, 6) is -0.396. The van der Waals surface area contributed by atoms with Crippen LogP contribution < -0.4 is 5.32 Å². The molecule has 0 radical (unpaired) electrons. The molecular formula is C11H17N3O4. The zero-order chi connectivity index (χ0) is 13.9. The molecule has 100 valence electrons. The van der Waals surface area contributed by atoms with E-state index in [1.54, 1.807) is 20.9 Å². The Hall–Kier alpha value is -1.89. The van der Waals surface area contributed by atoms with Crippen LogP contribution in [0.1, 0.15) is 24.3 Å². The molecule has 0 spiro atoms. The number of aromatic nitrogens is 1. The summed E-state index contributed by atoms with van der Waals surface area (Å²) >= 11 is 0. The molecule has 0 atom stereocenters. The number of carbonyl (C=O) groups is 1. The van der Waals surface area contributed by atoms with E-state index < -0.39 is 16.2 Å². The molecule has 1 aromatic rings. The molecule has 0 aliphatic rings. The Kier molecular flexibility index (Phi) is 4.07. The summed E-state index contributed by atoms with van der Waals surface area (Å²) in [6, 6.07) is 1.22. The molecule has 1 rings (SSSR count). The van der Waals surface area contributed by atoms with E-state index in [1.807, 2.05) is 0 Å². The fourth-order valence-electron chi connectivity index (χ4n) is 1.34. The first kappa shape index (κ1) is 14.2. The lowest BCUT2D eigenvalue weighted by atomic mass is 9.95. The quantitative estimate of drug-likeness (QED) is 0.597. The number of aliphatic hydroxyl groups excluding tert-OH is 1. The van der Waals surface area contributed by atoms with Crippen molar-refractivity contribution in [1.82, 2.24) is 9.88 Å². The van der Waals surface area contributed by atoms with Gasteiger partial charge in [-0.1, -0.05) is 13.8 Å². The van der Waals surface area contributed by atoms with E-state index in [1.165, 1.54) is 16.8 Å². The van der Waals surface area contributed by atoms with Gasteiger partial charge in [0.2, 0.25) is 0 Å². The molecule has 7 heteroatoms. The summed E-state index contributed by atoms with van der Waals surface area (Å²) in [5.41, 5.74) is -0.327. The molecule has 2 N–H and O–H groups in total. The van der Waals surface area contributed by atoms with Crippen LogP contribution in [0, 0.1) is 15.5 Å². The highest BCUT2D eigenvalue weighted by Crippen LogP contribution is 2.16. The molecule has 0 bridgehead atoms. The van der Waals surface area contributed by atoms with Crippen LogP contribution in [0.3, 0.4) is 0 Å². The van der Waals surface area contributed by atoms with Crippen molar-refractivity contribution in [2.45, 2.75) is 13.8 Å². The second-order valence-corrected chi connectivity index (χ2v) is 4.96. The Labute approximate surface area is 105 Å². The van der Waals surface area contributed by atoms with Crippen LogP contribution in [0.2, 0.25) is 0 Å². The Morgan fingerprint density at radius 1 is 1.61 bits per heavy atom. The van der Waals surface area contributed by atoms with E-state index in [0.29, 0.717) is 6.54 Å². The zero-order valence-corrected chi connectivity index (χ0v) is 10.6. The third-order valence-electron chi connectivity index (χ3n) is 2.59. The van der Waals surface area contributed by atoms with Gasteiger partial charge in [0, 0.05) is 31.7 Å². The molecule has 0 aromatic carbocycles. The van der Waals surface area contributed by atoms with Gasteiger partial charge in [-0.15, -0.1) is 0 Å². The molecule has 0 saturated heterocycles. The summed E-state index contributed by atoms with van der Waals surface area (Å²) in [6.07, 6.45) is 1.28. The van der Waals surface area contributed by atoms with E-state index in [0.717, 1.165) is 0 Å². The fraction of sp³-hybridized carbons (Fsp3) is 0.545. The minimum Gasteiger partial charge on any atom is -0.396 e. The lowest BCUT2D eigenvalue weighted by molar-refractivity contribution is -0.384. The lowest BCUT2D eigenvalue weighted by Gasteiger charge is -2.21. The van der Waals surface area contributed by atoms with E-state index in [-0.39, 0.29) is 18.0 Å². The smallest absolute Gasteiger partial charge is 0.287 e. The van der Waals surface area contributed by atoms with Gasteiger partial charge in [0.05, 0.1) is 11.1 Å². The summed E-state index contributed by atoms with van der Waals surface area (Å²) in [4.78, 5) is 21.9. The maximum absolute atomic E-state index is 11.8. The van der Waals surface area contributed by atoms with Crippen LogP contribution in [0.5, 0.6) is 0 Å². The van der Waals surface area contributed by atoms with Gasteiger partial charge in [0.25, 0.3) is 11.6 Å². The van der Waals surface area contributed by atoms with Crippen molar-refractivity contribution in [2.75, 3.05) is 13.2 Å². The highest BCUT2D eigenvalue weighted by molar-refractivity contribution is 5.93. The summed E-state index contributed by atoms with van der Waals surface area (Å²) < 4.78 is 1.40. The fourth-order valence-corrected chi connectivity index (χ4v) is 1.34.